The lowest BCUT2D eigenvalue weighted by Gasteiger charge is -2.17. The van der Waals surface area contributed by atoms with Crippen molar-refractivity contribution in [1.82, 2.24) is 14.7 Å². The van der Waals surface area contributed by atoms with Crippen LogP contribution >= 0.6 is 11.3 Å². The molecule has 3 rings (SSSR count). The van der Waals surface area contributed by atoms with Crippen LogP contribution in [0, 0.1) is 25.7 Å². The Morgan fingerprint density at radius 3 is 3.00 bits per heavy atom. The summed E-state index contributed by atoms with van der Waals surface area (Å²) in [6, 6.07) is 0. The molecule has 0 aromatic carbocycles. The Bertz CT molecular complexity index is 589. The van der Waals surface area contributed by atoms with E-state index in [-0.39, 0.29) is 0 Å². The first-order chi connectivity index (χ1) is 9.70. The van der Waals surface area contributed by atoms with Crippen LogP contribution in [0.3, 0.4) is 0 Å². The molecule has 2 heterocycles. The van der Waals surface area contributed by atoms with Crippen molar-refractivity contribution < 1.29 is 5.11 Å². The van der Waals surface area contributed by atoms with Crippen LogP contribution in [-0.2, 0) is 6.54 Å². The molecule has 110 valence electrons. The van der Waals surface area contributed by atoms with Crippen LogP contribution in [0.1, 0.15) is 36.3 Å². The van der Waals surface area contributed by atoms with Crippen molar-refractivity contribution in [2.45, 2.75) is 39.7 Å². The quantitative estimate of drug-likeness (QED) is 0.890. The first kappa shape index (κ1) is 14.0. The van der Waals surface area contributed by atoms with E-state index in [0.717, 1.165) is 23.7 Å². The van der Waals surface area contributed by atoms with Crippen LogP contribution in [-0.4, -0.2) is 27.6 Å². The lowest BCUT2D eigenvalue weighted by molar-refractivity contribution is 0.192. The molecule has 2 aromatic heterocycles. The number of nitrogens with zero attached hydrogens (tertiary/aromatic N) is 2. The van der Waals surface area contributed by atoms with Gasteiger partial charge in [0.1, 0.15) is 0 Å². The summed E-state index contributed by atoms with van der Waals surface area (Å²) in [7, 11) is 0. The lowest BCUT2D eigenvalue weighted by atomic mass is 9.97. The number of hydrogen-bond donors (Lipinski definition) is 2. The summed E-state index contributed by atoms with van der Waals surface area (Å²) in [5.74, 6) is 1.13. The van der Waals surface area contributed by atoms with Crippen molar-refractivity contribution in [2.24, 2.45) is 11.8 Å². The SMILES string of the molecule is Cc1nc2scc(C)n2c1CNCC1CCCC1CO. The van der Waals surface area contributed by atoms with Crippen molar-refractivity contribution in [2.75, 3.05) is 13.2 Å². The number of aromatic nitrogens is 2. The predicted octanol–water partition coefficient (Wildman–Crippen LogP) is 2.51. The number of hydrogen-bond acceptors (Lipinski definition) is 4. The Kier molecular flexibility index (Phi) is 4.10. The van der Waals surface area contributed by atoms with Crippen LogP contribution in [0.2, 0.25) is 0 Å². The molecule has 4 nitrogen and oxygen atoms in total. The normalized spacial score (nSPS) is 22.9. The Hall–Kier alpha value is -0.910. The lowest BCUT2D eigenvalue weighted by Crippen LogP contribution is -2.27. The van der Waals surface area contributed by atoms with Gasteiger partial charge in [-0.15, -0.1) is 11.3 Å². The van der Waals surface area contributed by atoms with Gasteiger partial charge >= 0.3 is 0 Å². The summed E-state index contributed by atoms with van der Waals surface area (Å²) < 4.78 is 2.26. The first-order valence-corrected chi connectivity index (χ1v) is 8.32. The largest absolute Gasteiger partial charge is 0.396 e. The number of nitrogens with one attached hydrogen (secondary N) is 1. The topological polar surface area (TPSA) is 49.6 Å². The molecular weight excluding hydrogens is 270 g/mol. The summed E-state index contributed by atoms with van der Waals surface area (Å²) in [5.41, 5.74) is 3.66. The van der Waals surface area contributed by atoms with E-state index in [9.17, 15) is 5.11 Å². The van der Waals surface area contributed by atoms with Gasteiger partial charge in [-0.1, -0.05) is 6.42 Å². The second-order valence-electron chi connectivity index (χ2n) is 5.90. The van der Waals surface area contributed by atoms with Crippen molar-refractivity contribution in [1.29, 1.82) is 0 Å². The Morgan fingerprint density at radius 1 is 1.40 bits per heavy atom. The van der Waals surface area contributed by atoms with Gasteiger partial charge in [-0.05, 0) is 45.1 Å². The molecule has 1 fully saturated rings. The van der Waals surface area contributed by atoms with Gasteiger partial charge < -0.3 is 10.4 Å². The average Bonchev–Trinajstić information content (AvgIpc) is 3.09. The molecule has 2 N–H and O–H groups in total. The molecule has 2 atom stereocenters. The summed E-state index contributed by atoms with van der Waals surface area (Å²) in [6.07, 6.45) is 3.69. The van der Waals surface area contributed by atoms with Crippen LogP contribution < -0.4 is 5.32 Å². The van der Waals surface area contributed by atoms with Gasteiger partial charge in [0.2, 0.25) is 0 Å². The molecule has 0 bridgehead atoms. The van der Waals surface area contributed by atoms with Crippen LogP contribution in [0.25, 0.3) is 4.96 Å². The summed E-state index contributed by atoms with van der Waals surface area (Å²) >= 11 is 1.70. The van der Waals surface area contributed by atoms with Crippen LogP contribution in [0.5, 0.6) is 0 Å². The molecule has 0 saturated heterocycles. The highest BCUT2D eigenvalue weighted by atomic mass is 32.1. The predicted molar refractivity (Wildman–Crippen MR) is 82.2 cm³/mol. The number of imidazole rings is 1. The third-order valence-corrected chi connectivity index (χ3v) is 5.52. The molecule has 2 unspecified atom stereocenters. The van der Waals surface area contributed by atoms with Crippen molar-refractivity contribution >= 4 is 16.3 Å². The molecule has 0 aliphatic heterocycles. The fraction of sp³-hybridized carbons (Fsp3) is 0.667. The van der Waals surface area contributed by atoms with Crippen LogP contribution in [0.15, 0.2) is 5.38 Å². The molecular formula is C15H23N3OS. The van der Waals surface area contributed by atoms with E-state index in [2.05, 4.69) is 33.9 Å². The third-order valence-electron chi connectivity index (χ3n) is 4.58. The minimum atomic E-state index is 0.339. The number of aliphatic hydroxyl groups excluding tert-OH is 1. The van der Waals surface area contributed by atoms with Gasteiger partial charge in [0.05, 0.1) is 11.4 Å². The van der Waals surface area contributed by atoms with E-state index in [0.29, 0.717) is 18.4 Å². The third kappa shape index (κ3) is 2.50. The maximum absolute atomic E-state index is 9.37. The van der Waals surface area contributed by atoms with E-state index >= 15 is 0 Å². The van der Waals surface area contributed by atoms with E-state index < -0.39 is 0 Å². The second kappa shape index (κ2) is 5.84. The Balaban J connectivity index is 1.65. The number of rotatable bonds is 5. The second-order valence-corrected chi connectivity index (χ2v) is 6.74. The fourth-order valence-electron chi connectivity index (χ4n) is 3.37. The van der Waals surface area contributed by atoms with Crippen LogP contribution in [0.4, 0.5) is 0 Å². The standard InChI is InChI=1S/C15H23N3OS/c1-10-9-20-15-17-11(2)14(18(10)15)7-16-6-12-4-3-5-13(12)8-19/h9,12-13,16,19H,3-8H2,1-2H3. The monoisotopic (exact) mass is 293 g/mol. The molecule has 1 saturated carbocycles. The maximum Gasteiger partial charge on any atom is 0.194 e. The zero-order valence-corrected chi connectivity index (χ0v) is 13.0. The molecule has 0 amide bonds. The van der Waals surface area contributed by atoms with E-state index in [1.54, 1.807) is 11.3 Å². The minimum Gasteiger partial charge on any atom is -0.396 e. The smallest absolute Gasteiger partial charge is 0.194 e. The summed E-state index contributed by atoms with van der Waals surface area (Å²) in [6.45, 7) is 6.42. The highest BCUT2D eigenvalue weighted by Crippen LogP contribution is 2.30. The van der Waals surface area contributed by atoms with Gasteiger partial charge in [0.15, 0.2) is 4.96 Å². The fourth-order valence-corrected chi connectivity index (χ4v) is 4.30. The highest BCUT2D eigenvalue weighted by molar-refractivity contribution is 7.15. The van der Waals surface area contributed by atoms with Gasteiger partial charge in [0, 0.05) is 24.2 Å². The number of fused-ring (bicyclic) bond motifs is 1. The van der Waals surface area contributed by atoms with Gasteiger partial charge in [-0.2, -0.15) is 0 Å². The minimum absolute atomic E-state index is 0.339. The van der Waals surface area contributed by atoms with Crippen molar-refractivity contribution in [3.05, 3.63) is 22.5 Å². The summed E-state index contributed by atoms with van der Waals surface area (Å²) in [4.78, 5) is 5.71. The highest BCUT2D eigenvalue weighted by Gasteiger charge is 2.26. The molecule has 20 heavy (non-hydrogen) atoms. The van der Waals surface area contributed by atoms with Gasteiger partial charge in [0.25, 0.3) is 0 Å². The molecule has 2 aromatic rings. The Morgan fingerprint density at radius 2 is 2.20 bits per heavy atom. The number of aliphatic hydroxyl groups is 1. The Labute approximate surface area is 123 Å². The zero-order valence-electron chi connectivity index (χ0n) is 12.2. The molecule has 1 aliphatic carbocycles. The molecule has 1 aliphatic rings. The van der Waals surface area contributed by atoms with E-state index in [1.807, 2.05) is 0 Å². The van der Waals surface area contributed by atoms with E-state index in [4.69, 9.17) is 0 Å². The van der Waals surface area contributed by atoms with E-state index in [1.165, 1.54) is 30.7 Å². The number of aryl methyl sites for hydroxylation is 2. The van der Waals surface area contributed by atoms with Gasteiger partial charge in [-0.25, -0.2) is 4.98 Å². The first-order valence-electron chi connectivity index (χ1n) is 7.44. The average molecular weight is 293 g/mol. The number of thiazole rings is 1. The molecule has 0 radical (unpaired) electrons. The molecule has 0 spiro atoms. The summed E-state index contributed by atoms with van der Waals surface area (Å²) in [5, 5.41) is 15.1. The van der Waals surface area contributed by atoms with Crippen molar-refractivity contribution in [3.63, 3.8) is 0 Å². The van der Waals surface area contributed by atoms with Crippen molar-refractivity contribution in [3.8, 4) is 0 Å². The zero-order chi connectivity index (χ0) is 14.1. The maximum atomic E-state index is 9.37. The van der Waals surface area contributed by atoms with Gasteiger partial charge in [-0.3, -0.25) is 4.40 Å². The molecule has 5 heteroatoms.